The molecule has 0 saturated carbocycles. The predicted octanol–water partition coefficient (Wildman–Crippen LogP) is -1.53. The Morgan fingerprint density at radius 2 is 1.66 bits per heavy atom. The number of carbonyl (C=O) groups excluding carboxylic acids is 3. The molecule has 4 aliphatic heterocycles. The molecule has 10 heteroatoms. The molecule has 3 fully saturated rings. The second-order valence-electron chi connectivity index (χ2n) is 8.06. The van der Waals surface area contributed by atoms with Gasteiger partial charge in [-0.2, -0.15) is 5.06 Å². The number of piperidine rings is 1. The summed E-state index contributed by atoms with van der Waals surface area (Å²) in [6.45, 7) is 0.618. The number of aliphatic hydroxyl groups is 2. The summed E-state index contributed by atoms with van der Waals surface area (Å²) in [5.41, 5.74) is -0.515. The molecule has 0 spiro atoms. The molecule has 4 aliphatic rings. The molecule has 0 aromatic carbocycles. The van der Waals surface area contributed by atoms with Crippen LogP contribution in [0.1, 0.15) is 12.8 Å². The highest BCUT2D eigenvalue weighted by Gasteiger charge is 2.61. The lowest BCUT2D eigenvalue weighted by Crippen LogP contribution is -2.47. The van der Waals surface area contributed by atoms with Gasteiger partial charge in [-0.25, -0.2) is 0 Å². The Labute approximate surface area is 167 Å². The highest BCUT2D eigenvalue weighted by molar-refractivity contribution is 6.05. The van der Waals surface area contributed by atoms with Crippen LogP contribution in [0, 0.1) is 17.3 Å². The van der Waals surface area contributed by atoms with Crippen LogP contribution in [0.5, 0.6) is 0 Å². The minimum absolute atomic E-state index is 0.0219. The van der Waals surface area contributed by atoms with Gasteiger partial charge in [0, 0.05) is 18.5 Å². The van der Waals surface area contributed by atoms with Crippen LogP contribution < -0.4 is 0 Å². The highest BCUT2D eigenvalue weighted by Crippen LogP contribution is 2.45. The van der Waals surface area contributed by atoms with Gasteiger partial charge in [0.15, 0.2) is 0 Å². The summed E-state index contributed by atoms with van der Waals surface area (Å²) in [6, 6.07) is 0. The number of carbonyl (C=O) groups is 3. The zero-order chi connectivity index (χ0) is 20.6. The normalized spacial score (nSPS) is 32.3. The van der Waals surface area contributed by atoms with Gasteiger partial charge < -0.3 is 24.6 Å². The number of aliphatic hydroxyl groups excluding tert-OH is 2. The van der Waals surface area contributed by atoms with Crippen molar-refractivity contribution in [1.82, 2.24) is 9.96 Å². The van der Waals surface area contributed by atoms with E-state index in [-0.39, 0.29) is 51.1 Å². The number of hydrogen-bond acceptors (Lipinski definition) is 8. The first kappa shape index (κ1) is 20.4. The Bertz CT molecular complexity index is 666. The lowest BCUT2D eigenvalue weighted by Gasteiger charge is -2.39. The molecular weight excluding hydrogens is 384 g/mol. The number of likely N-dealkylation sites (tertiary alicyclic amines) is 1. The summed E-state index contributed by atoms with van der Waals surface area (Å²) in [4.78, 5) is 44.0. The van der Waals surface area contributed by atoms with E-state index in [1.807, 2.05) is 0 Å². The van der Waals surface area contributed by atoms with Gasteiger partial charge in [-0.1, -0.05) is 12.2 Å². The second kappa shape index (κ2) is 8.11. The van der Waals surface area contributed by atoms with Crippen molar-refractivity contribution in [3.05, 3.63) is 12.2 Å². The molecule has 4 heterocycles. The van der Waals surface area contributed by atoms with Crippen LogP contribution in [-0.2, 0) is 28.7 Å². The maximum Gasteiger partial charge on any atom is 0.260 e. The van der Waals surface area contributed by atoms with Crippen LogP contribution >= 0.6 is 0 Å². The van der Waals surface area contributed by atoms with Crippen molar-refractivity contribution in [2.24, 2.45) is 17.3 Å². The lowest BCUT2D eigenvalue weighted by atomic mass is 9.80. The van der Waals surface area contributed by atoms with Crippen LogP contribution in [0.2, 0.25) is 0 Å². The number of hydrogen-bond donors (Lipinski definition) is 2. The first-order valence-electron chi connectivity index (χ1n) is 9.91. The van der Waals surface area contributed by atoms with Crippen LogP contribution in [0.25, 0.3) is 0 Å². The van der Waals surface area contributed by atoms with Crippen molar-refractivity contribution >= 4 is 17.7 Å². The van der Waals surface area contributed by atoms with E-state index in [9.17, 15) is 24.6 Å². The topological polar surface area (TPSA) is 126 Å². The molecule has 2 N–H and O–H groups in total. The molecule has 29 heavy (non-hydrogen) atoms. The minimum atomic E-state index is -0.515. The SMILES string of the molecule is O=C(COCCON1C(=O)C2C3C=CC(O3)C2C1=O)N1CCC(CO)(CO)CC1. The predicted molar refractivity (Wildman–Crippen MR) is 95.8 cm³/mol. The van der Waals surface area contributed by atoms with E-state index in [1.165, 1.54) is 0 Å². The third kappa shape index (κ3) is 3.59. The smallest absolute Gasteiger partial charge is 0.260 e. The van der Waals surface area contributed by atoms with Crippen LogP contribution in [0.3, 0.4) is 0 Å². The molecule has 4 atom stereocenters. The maximum atomic E-state index is 12.4. The molecule has 3 saturated heterocycles. The Morgan fingerprint density at radius 1 is 1.07 bits per heavy atom. The lowest BCUT2D eigenvalue weighted by molar-refractivity contribution is -0.195. The van der Waals surface area contributed by atoms with Crippen molar-refractivity contribution in [3.63, 3.8) is 0 Å². The average Bonchev–Trinajstić information content (AvgIpc) is 3.43. The number of rotatable bonds is 8. The van der Waals surface area contributed by atoms with Gasteiger partial charge in [0.05, 0.1) is 50.5 Å². The number of amides is 3. The molecule has 3 amide bonds. The molecule has 0 radical (unpaired) electrons. The van der Waals surface area contributed by atoms with Crippen molar-refractivity contribution < 1.29 is 38.9 Å². The number of imide groups is 1. The fourth-order valence-electron chi connectivity index (χ4n) is 4.44. The van der Waals surface area contributed by atoms with Crippen molar-refractivity contribution in [2.75, 3.05) is 46.1 Å². The first-order chi connectivity index (χ1) is 14.0. The molecular formula is C19H26N2O8. The summed E-state index contributed by atoms with van der Waals surface area (Å²) in [5, 5.41) is 19.6. The van der Waals surface area contributed by atoms with Crippen LogP contribution in [-0.4, -0.2) is 96.2 Å². The third-order valence-electron chi connectivity index (χ3n) is 6.39. The average molecular weight is 410 g/mol. The van der Waals surface area contributed by atoms with Gasteiger partial charge in [0.1, 0.15) is 6.61 Å². The molecule has 0 aromatic heterocycles. The Hall–Kier alpha value is -1.85. The third-order valence-corrected chi connectivity index (χ3v) is 6.39. The summed E-state index contributed by atoms with van der Waals surface area (Å²) in [6.07, 6.45) is 3.98. The van der Waals surface area contributed by atoms with E-state index in [1.54, 1.807) is 17.1 Å². The number of hydroxylamine groups is 2. The molecule has 10 nitrogen and oxygen atoms in total. The van der Waals surface area contributed by atoms with E-state index in [0.717, 1.165) is 5.06 Å². The Balaban J connectivity index is 1.15. The monoisotopic (exact) mass is 410 g/mol. The van der Waals surface area contributed by atoms with Crippen molar-refractivity contribution in [1.29, 1.82) is 0 Å². The zero-order valence-electron chi connectivity index (χ0n) is 16.1. The molecule has 160 valence electrons. The second-order valence-corrected chi connectivity index (χ2v) is 8.06. The number of fused-ring (bicyclic) bond motifs is 5. The zero-order valence-corrected chi connectivity index (χ0v) is 16.1. The van der Waals surface area contributed by atoms with E-state index in [4.69, 9.17) is 14.3 Å². The van der Waals surface area contributed by atoms with Gasteiger partial charge in [-0.3, -0.25) is 19.2 Å². The van der Waals surface area contributed by atoms with E-state index in [2.05, 4.69) is 0 Å². The van der Waals surface area contributed by atoms with Gasteiger partial charge in [0.2, 0.25) is 5.91 Å². The molecule has 4 rings (SSSR count). The largest absolute Gasteiger partial charge is 0.396 e. The Morgan fingerprint density at radius 3 is 2.21 bits per heavy atom. The minimum Gasteiger partial charge on any atom is -0.396 e. The van der Waals surface area contributed by atoms with Crippen LogP contribution in [0.4, 0.5) is 0 Å². The molecule has 2 bridgehead atoms. The highest BCUT2D eigenvalue weighted by atomic mass is 16.7. The van der Waals surface area contributed by atoms with E-state index >= 15 is 0 Å². The summed E-state index contributed by atoms with van der Waals surface area (Å²) in [7, 11) is 0. The number of ether oxygens (including phenoxy) is 2. The Kier molecular flexibility index (Phi) is 5.71. The number of nitrogens with zero attached hydrogens (tertiary/aromatic N) is 2. The quantitative estimate of drug-likeness (QED) is 0.280. The van der Waals surface area contributed by atoms with Gasteiger partial charge in [0.25, 0.3) is 11.8 Å². The molecule has 0 aliphatic carbocycles. The van der Waals surface area contributed by atoms with Crippen LogP contribution in [0.15, 0.2) is 12.2 Å². The van der Waals surface area contributed by atoms with Crippen molar-refractivity contribution in [3.8, 4) is 0 Å². The summed E-state index contributed by atoms with van der Waals surface area (Å²) < 4.78 is 10.9. The molecule has 4 unspecified atom stereocenters. The summed E-state index contributed by atoms with van der Waals surface area (Å²) in [5.74, 6) is -1.99. The van der Waals surface area contributed by atoms with Gasteiger partial charge in [-0.05, 0) is 12.8 Å². The standard InChI is InChI=1S/C19H26N2O8/c22-10-19(11-23)3-5-20(6-4-19)14(24)9-27-7-8-28-21-17(25)15-12-1-2-13(29-12)16(15)18(21)26/h1-2,12-13,15-16,22-23H,3-11H2. The van der Waals surface area contributed by atoms with E-state index in [0.29, 0.717) is 25.9 Å². The van der Waals surface area contributed by atoms with Crippen molar-refractivity contribution in [2.45, 2.75) is 25.0 Å². The maximum absolute atomic E-state index is 12.4. The van der Waals surface area contributed by atoms with Gasteiger partial charge >= 0.3 is 0 Å². The fourth-order valence-corrected chi connectivity index (χ4v) is 4.44. The molecule has 0 aromatic rings. The first-order valence-corrected chi connectivity index (χ1v) is 9.91. The fraction of sp³-hybridized carbons (Fsp3) is 0.737. The summed E-state index contributed by atoms with van der Waals surface area (Å²) >= 11 is 0. The van der Waals surface area contributed by atoms with E-state index < -0.39 is 29.1 Å². The van der Waals surface area contributed by atoms with Gasteiger partial charge in [-0.15, -0.1) is 0 Å².